The second-order valence-corrected chi connectivity index (χ2v) is 4.34. The van der Waals surface area contributed by atoms with Crippen molar-refractivity contribution in [2.45, 2.75) is 6.92 Å². The summed E-state index contributed by atoms with van der Waals surface area (Å²) in [5, 5.41) is 11.7. The molecule has 4 N–H and O–H groups in total. The molecule has 0 aliphatic heterocycles. The van der Waals surface area contributed by atoms with Crippen LogP contribution in [0.15, 0.2) is 12.3 Å². The third kappa shape index (κ3) is 3.57. The molecule has 0 aliphatic rings. The van der Waals surface area contributed by atoms with Crippen LogP contribution in [0.1, 0.15) is 17.3 Å². The van der Waals surface area contributed by atoms with E-state index in [0.717, 1.165) is 0 Å². The molecule has 1 aromatic rings. The van der Waals surface area contributed by atoms with Gasteiger partial charge in [0.05, 0.1) is 17.8 Å². The van der Waals surface area contributed by atoms with E-state index in [0.29, 0.717) is 6.54 Å². The fourth-order valence-electron chi connectivity index (χ4n) is 1.76. The highest BCUT2D eigenvalue weighted by atomic mass is 16.4. The molecule has 0 spiro atoms. The fraction of sp³-hybridized carbons (Fsp3) is 0.417. The van der Waals surface area contributed by atoms with Gasteiger partial charge in [-0.15, -0.1) is 0 Å². The van der Waals surface area contributed by atoms with Crippen molar-refractivity contribution < 1.29 is 14.7 Å². The van der Waals surface area contributed by atoms with Crippen LogP contribution in [0, 0.1) is 5.92 Å². The van der Waals surface area contributed by atoms with Gasteiger partial charge < -0.3 is 21.1 Å². The summed E-state index contributed by atoms with van der Waals surface area (Å²) < 4.78 is 0. The highest BCUT2D eigenvalue weighted by Crippen LogP contribution is 2.19. The predicted octanol–water partition coefficient (Wildman–Crippen LogP) is 0.180. The van der Waals surface area contributed by atoms with Gasteiger partial charge >= 0.3 is 5.97 Å². The number of rotatable bonds is 5. The number of hydrogen-bond donors (Lipinski definition) is 3. The summed E-state index contributed by atoms with van der Waals surface area (Å²) in [4.78, 5) is 28.3. The van der Waals surface area contributed by atoms with Crippen molar-refractivity contribution in [2.75, 3.05) is 31.3 Å². The topological polar surface area (TPSA) is 109 Å². The van der Waals surface area contributed by atoms with Crippen molar-refractivity contribution >= 4 is 23.4 Å². The summed E-state index contributed by atoms with van der Waals surface area (Å²) in [7, 11) is 3.24. The van der Waals surface area contributed by atoms with Crippen LogP contribution in [0.5, 0.6) is 0 Å². The average molecular weight is 266 g/mol. The van der Waals surface area contributed by atoms with Crippen molar-refractivity contribution in [3.63, 3.8) is 0 Å². The molecule has 7 heteroatoms. The van der Waals surface area contributed by atoms with Gasteiger partial charge in [-0.25, -0.2) is 9.78 Å². The Bertz CT molecular complexity index is 490. The smallest absolute Gasteiger partial charge is 0.339 e. The number of pyridine rings is 1. The third-order valence-corrected chi connectivity index (χ3v) is 2.72. The molecule has 7 nitrogen and oxygen atoms in total. The van der Waals surface area contributed by atoms with E-state index >= 15 is 0 Å². The number of carbonyl (C=O) groups is 2. The summed E-state index contributed by atoms with van der Waals surface area (Å²) in [6.07, 6.45) is 1.39. The van der Waals surface area contributed by atoms with Crippen molar-refractivity contribution in [3.05, 3.63) is 17.8 Å². The Labute approximate surface area is 111 Å². The molecule has 0 saturated carbocycles. The van der Waals surface area contributed by atoms with Gasteiger partial charge in [0.2, 0.25) is 5.91 Å². The van der Waals surface area contributed by atoms with Crippen molar-refractivity contribution in [2.24, 2.45) is 5.92 Å². The van der Waals surface area contributed by atoms with Gasteiger partial charge in [-0.1, -0.05) is 6.92 Å². The van der Waals surface area contributed by atoms with Crippen LogP contribution >= 0.6 is 0 Å². The Morgan fingerprint density at radius 1 is 1.58 bits per heavy atom. The first-order chi connectivity index (χ1) is 8.86. The largest absolute Gasteiger partial charge is 0.478 e. The van der Waals surface area contributed by atoms with Crippen molar-refractivity contribution in [1.29, 1.82) is 0 Å². The van der Waals surface area contributed by atoms with E-state index in [1.165, 1.54) is 12.3 Å². The Hall–Kier alpha value is -2.31. The number of carboxylic acids is 1. The number of nitrogens with two attached hydrogens (primary N) is 1. The number of nitrogens with zero attached hydrogens (tertiary/aromatic N) is 2. The monoisotopic (exact) mass is 266 g/mol. The first-order valence-electron chi connectivity index (χ1n) is 5.78. The maximum atomic E-state index is 11.5. The number of anilines is 2. The molecule has 1 atom stereocenters. The minimum absolute atomic E-state index is 0.0200. The van der Waals surface area contributed by atoms with Crippen LogP contribution < -0.4 is 16.0 Å². The van der Waals surface area contributed by atoms with Crippen molar-refractivity contribution in [1.82, 2.24) is 10.3 Å². The second kappa shape index (κ2) is 6.03. The zero-order valence-corrected chi connectivity index (χ0v) is 11.2. The maximum absolute atomic E-state index is 11.5. The van der Waals surface area contributed by atoms with E-state index in [1.807, 2.05) is 0 Å². The lowest BCUT2D eigenvalue weighted by Gasteiger charge is -2.23. The molecule has 104 valence electrons. The molecule has 1 rings (SSSR count). The SMILES string of the molecule is CNC(=O)C(C)CN(C)c1ncc(N)cc1C(=O)O. The molecule has 0 radical (unpaired) electrons. The standard InChI is InChI=1S/C12H18N4O3/c1-7(11(17)14-2)6-16(3)10-9(12(18)19)4-8(13)5-15-10/h4-5,7H,6,13H2,1-3H3,(H,14,17)(H,18,19). The first-order valence-corrected chi connectivity index (χ1v) is 5.78. The molecule has 0 fully saturated rings. The van der Waals surface area contributed by atoms with E-state index in [2.05, 4.69) is 10.3 Å². The van der Waals surface area contributed by atoms with Gasteiger partial charge in [-0.05, 0) is 6.07 Å². The lowest BCUT2D eigenvalue weighted by Crippen LogP contribution is -2.35. The molecule has 1 heterocycles. The molecule has 0 aromatic carbocycles. The Morgan fingerprint density at radius 3 is 2.74 bits per heavy atom. The van der Waals surface area contributed by atoms with Gasteiger partial charge in [0.1, 0.15) is 11.4 Å². The Balaban J connectivity index is 2.96. The van der Waals surface area contributed by atoms with Crippen LogP contribution in [0.2, 0.25) is 0 Å². The number of nitrogens with one attached hydrogen (secondary N) is 1. The molecule has 1 aromatic heterocycles. The van der Waals surface area contributed by atoms with E-state index in [4.69, 9.17) is 10.8 Å². The number of aromatic nitrogens is 1. The van der Waals surface area contributed by atoms with Crippen LogP contribution in [-0.2, 0) is 4.79 Å². The highest BCUT2D eigenvalue weighted by molar-refractivity contribution is 5.94. The molecule has 0 aliphatic carbocycles. The molecule has 1 amide bonds. The molecular weight excluding hydrogens is 248 g/mol. The second-order valence-electron chi connectivity index (χ2n) is 4.34. The number of aromatic carboxylic acids is 1. The number of hydrogen-bond acceptors (Lipinski definition) is 5. The zero-order chi connectivity index (χ0) is 14.6. The lowest BCUT2D eigenvalue weighted by molar-refractivity contribution is -0.123. The number of nitrogen functional groups attached to an aromatic ring is 1. The molecule has 0 bridgehead atoms. The Morgan fingerprint density at radius 2 is 2.21 bits per heavy atom. The quantitative estimate of drug-likeness (QED) is 0.701. The fourth-order valence-corrected chi connectivity index (χ4v) is 1.76. The minimum atomic E-state index is -1.10. The summed E-state index contributed by atoms with van der Waals surface area (Å²) >= 11 is 0. The summed E-state index contributed by atoms with van der Waals surface area (Å²) in [6.45, 7) is 2.12. The van der Waals surface area contributed by atoms with Gasteiger partial charge in [-0.2, -0.15) is 0 Å². The Kier molecular flexibility index (Phi) is 4.68. The van der Waals surface area contributed by atoms with Gasteiger partial charge in [0.25, 0.3) is 0 Å². The average Bonchev–Trinajstić information content (AvgIpc) is 2.37. The van der Waals surface area contributed by atoms with Crippen LogP contribution in [-0.4, -0.2) is 42.6 Å². The van der Waals surface area contributed by atoms with Gasteiger partial charge in [-0.3, -0.25) is 4.79 Å². The summed E-state index contributed by atoms with van der Waals surface area (Å²) in [5.74, 6) is -1.21. The van der Waals surface area contributed by atoms with Crippen LogP contribution in [0.25, 0.3) is 0 Å². The molecule has 19 heavy (non-hydrogen) atoms. The van der Waals surface area contributed by atoms with Gasteiger partial charge in [0, 0.05) is 20.6 Å². The lowest BCUT2D eigenvalue weighted by atomic mass is 10.1. The highest BCUT2D eigenvalue weighted by Gasteiger charge is 2.19. The van der Waals surface area contributed by atoms with Gasteiger partial charge in [0.15, 0.2) is 0 Å². The number of amides is 1. The minimum Gasteiger partial charge on any atom is -0.478 e. The number of carbonyl (C=O) groups excluding carboxylic acids is 1. The van der Waals surface area contributed by atoms with E-state index < -0.39 is 5.97 Å². The maximum Gasteiger partial charge on any atom is 0.339 e. The van der Waals surface area contributed by atoms with Crippen molar-refractivity contribution in [3.8, 4) is 0 Å². The van der Waals surface area contributed by atoms with E-state index in [-0.39, 0.29) is 28.9 Å². The molecular formula is C12H18N4O3. The first kappa shape index (κ1) is 14.7. The van der Waals surface area contributed by atoms with E-state index in [1.54, 1.807) is 25.9 Å². The normalized spacial score (nSPS) is 11.7. The predicted molar refractivity (Wildman–Crippen MR) is 72.1 cm³/mol. The summed E-state index contributed by atoms with van der Waals surface area (Å²) in [6, 6.07) is 1.35. The summed E-state index contributed by atoms with van der Waals surface area (Å²) in [5.41, 5.74) is 5.83. The van der Waals surface area contributed by atoms with Crippen LogP contribution in [0.3, 0.4) is 0 Å². The molecule has 1 unspecified atom stereocenters. The third-order valence-electron chi connectivity index (χ3n) is 2.72. The zero-order valence-electron chi connectivity index (χ0n) is 11.2. The van der Waals surface area contributed by atoms with E-state index in [9.17, 15) is 9.59 Å². The number of carboxylic acid groups (broad SMARTS) is 1. The molecule has 0 saturated heterocycles. The van der Waals surface area contributed by atoms with Crippen LogP contribution in [0.4, 0.5) is 11.5 Å².